The summed E-state index contributed by atoms with van der Waals surface area (Å²) in [5.74, 6) is -1.18. The molecule has 1 atom stereocenters. The standard InChI is InChI=1S/C23H28N2O6S/c1-5-25(15-16(2)23(28)31-4)22(27)20-8-6-18(7-9-20)14-24-32(29,30)21-12-10-19(11-13-21)17(3)26/h6-13,16,24H,5,14-15H2,1-4H3. The van der Waals surface area contributed by atoms with Crippen molar-refractivity contribution in [3.8, 4) is 0 Å². The van der Waals surface area contributed by atoms with Crippen molar-refractivity contribution in [2.75, 3.05) is 20.2 Å². The molecule has 32 heavy (non-hydrogen) atoms. The molecule has 2 aromatic rings. The number of ketones is 1. The van der Waals surface area contributed by atoms with Crippen LogP contribution < -0.4 is 4.72 Å². The zero-order valence-corrected chi connectivity index (χ0v) is 19.4. The number of rotatable bonds is 10. The smallest absolute Gasteiger partial charge is 0.310 e. The van der Waals surface area contributed by atoms with Crippen LogP contribution in [0.1, 0.15) is 47.1 Å². The molecule has 0 aliphatic rings. The summed E-state index contributed by atoms with van der Waals surface area (Å²) in [6.07, 6.45) is 0. The van der Waals surface area contributed by atoms with Crippen LogP contribution in [0.5, 0.6) is 0 Å². The Labute approximate surface area is 188 Å². The van der Waals surface area contributed by atoms with Crippen LogP contribution in [-0.4, -0.2) is 51.2 Å². The van der Waals surface area contributed by atoms with Gasteiger partial charge in [-0.3, -0.25) is 14.4 Å². The Morgan fingerprint density at radius 1 is 1.00 bits per heavy atom. The maximum Gasteiger partial charge on any atom is 0.310 e. The lowest BCUT2D eigenvalue weighted by Crippen LogP contribution is -2.37. The first kappa shape index (κ1) is 25.2. The van der Waals surface area contributed by atoms with E-state index in [0.717, 1.165) is 0 Å². The van der Waals surface area contributed by atoms with Crippen molar-refractivity contribution >= 4 is 27.7 Å². The molecule has 0 fully saturated rings. The molecule has 0 saturated heterocycles. The molecule has 8 nitrogen and oxygen atoms in total. The van der Waals surface area contributed by atoms with Crippen LogP contribution in [0, 0.1) is 5.92 Å². The Morgan fingerprint density at radius 2 is 1.56 bits per heavy atom. The quantitative estimate of drug-likeness (QED) is 0.431. The third-order valence-electron chi connectivity index (χ3n) is 5.01. The van der Waals surface area contributed by atoms with Crippen molar-refractivity contribution in [1.82, 2.24) is 9.62 Å². The number of ether oxygens (including phenoxy) is 1. The molecular formula is C23H28N2O6S. The predicted octanol–water partition coefficient (Wildman–Crippen LogP) is 2.64. The number of methoxy groups -OCH3 is 1. The molecule has 0 bridgehead atoms. The van der Waals surface area contributed by atoms with Gasteiger partial charge in [-0.05, 0) is 43.7 Å². The summed E-state index contributed by atoms with van der Waals surface area (Å²) in [6, 6.07) is 12.3. The topological polar surface area (TPSA) is 110 Å². The van der Waals surface area contributed by atoms with Gasteiger partial charge in [-0.2, -0.15) is 0 Å². The molecule has 0 saturated carbocycles. The van der Waals surface area contributed by atoms with Gasteiger partial charge in [0, 0.05) is 30.8 Å². The molecule has 0 aliphatic heterocycles. The van der Waals surface area contributed by atoms with Gasteiger partial charge in [0.1, 0.15) is 0 Å². The second kappa shape index (κ2) is 11.0. The highest BCUT2D eigenvalue weighted by atomic mass is 32.2. The third-order valence-corrected chi connectivity index (χ3v) is 6.42. The molecular weight excluding hydrogens is 432 g/mol. The second-order valence-corrected chi connectivity index (χ2v) is 9.14. The van der Waals surface area contributed by atoms with Crippen LogP contribution in [0.15, 0.2) is 53.4 Å². The number of Topliss-reactive ketones (excluding diaryl/α,β-unsaturated/α-hetero) is 1. The van der Waals surface area contributed by atoms with Crippen LogP contribution in [-0.2, 0) is 26.1 Å². The SMILES string of the molecule is CCN(CC(C)C(=O)OC)C(=O)c1ccc(CNS(=O)(=O)c2ccc(C(C)=O)cc2)cc1. The van der Waals surface area contributed by atoms with Crippen LogP contribution in [0.4, 0.5) is 0 Å². The van der Waals surface area contributed by atoms with E-state index < -0.39 is 15.9 Å². The highest BCUT2D eigenvalue weighted by Gasteiger charge is 2.21. The molecule has 2 rings (SSSR count). The molecule has 0 radical (unpaired) electrons. The molecule has 0 aliphatic carbocycles. The molecule has 9 heteroatoms. The number of esters is 1. The van der Waals surface area contributed by atoms with Gasteiger partial charge in [0.2, 0.25) is 10.0 Å². The van der Waals surface area contributed by atoms with Crippen molar-refractivity contribution in [2.24, 2.45) is 5.92 Å². The molecule has 1 unspecified atom stereocenters. The van der Waals surface area contributed by atoms with Crippen molar-refractivity contribution in [3.05, 3.63) is 65.2 Å². The van der Waals surface area contributed by atoms with Gasteiger partial charge >= 0.3 is 5.97 Å². The Kier molecular flexibility index (Phi) is 8.68. The van der Waals surface area contributed by atoms with E-state index in [4.69, 9.17) is 4.74 Å². The van der Waals surface area contributed by atoms with Crippen LogP contribution in [0.3, 0.4) is 0 Å². The van der Waals surface area contributed by atoms with E-state index >= 15 is 0 Å². The highest BCUT2D eigenvalue weighted by Crippen LogP contribution is 2.14. The van der Waals surface area contributed by atoms with E-state index in [-0.39, 0.29) is 35.6 Å². The Morgan fingerprint density at radius 3 is 2.06 bits per heavy atom. The summed E-state index contributed by atoms with van der Waals surface area (Å²) in [6.45, 7) is 5.66. The number of carbonyl (C=O) groups is 3. The monoisotopic (exact) mass is 460 g/mol. The molecule has 0 spiro atoms. The minimum Gasteiger partial charge on any atom is -0.469 e. The maximum absolute atomic E-state index is 12.7. The highest BCUT2D eigenvalue weighted by molar-refractivity contribution is 7.89. The largest absolute Gasteiger partial charge is 0.469 e. The van der Waals surface area contributed by atoms with Gasteiger partial charge in [0.05, 0.1) is 17.9 Å². The summed E-state index contributed by atoms with van der Waals surface area (Å²) in [7, 11) is -2.44. The first-order valence-electron chi connectivity index (χ1n) is 10.2. The summed E-state index contributed by atoms with van der Waals surface area (Å²) < 4.78 is 32.2. The van der Waals surface area contributed by atoms with Gasteiger partial charge in [-0.15, -0.1) is 0 Å². The number of benzene rings is 2. The van der Waals surface area contributed by atoms with Gasteiger partial charge in [-0.25, -0.2) is 13.1 Å². The Hall–Kier alpha value is -3.04. The molecule has 0 heterocycles. The van der Waals surface area contributed by atoms with Gasteiger partial charge in [0.15, 0.2) is 5.78 Å². The predicted molar refractivity (Wildman–Crippen MR) is 120 cm³/mol. The normalized spacial score (nSPS) is 12.1. The lowest BCUT2D eigenvalue weighted by atomic mass is 10.1. The van der Waals surface area contributed by atoms with Gasteiger partial charge < -0.3 is 9.64 Å². The number of nitrogens with zero attached hydrogens (tertiary/aromatic N) is 1. The third kappa shape index (κ3) is 6.48. The number of sulfonamides is 1. The Bertz CT molecular complexity index is 1060. The minimum atomic E-state index is -3.75. The number of carbonyl (C=O) groups excluding carboxylic acids is 3. The summed E-state index contributed by atoms with van der Waals surface area (Å²) in [4.78, 5) is 37.3. The number of amides is 1. The fourth-order valence-corrected chi connectivity index (χ4v) is 4.06. The van der Waals surface area contributed by atoms with E-state index in [2.05, 4.69) is 4.72 Å². The zero-order valence-electron chi connectivity index (χ0n) is 18.6. The molecule has 0 aromatic heterocycles. The van der Waals surface area contributed by atoms with Gasteiger partial charge in [-0.1, -0.05) is 31.2 Å². The summed E-state index contributed by atoms with van der Waals surface area (Å²) in [5, 5.41) is 0. The molecule has 1 N–H and O–H groups in total. The minimum absolute atomic E-state index is 0.0438. The number of hydrogen-bond acceptors (Lipinski definition) is 6. The fourth-order valence-electron chi connectivity index (χ4n) is 3.04. The van der Waals surface area contributed by atoms with Gasteiger partial charge in [0.25, 0.3) is 5.91 Å². The summed E-state index contributed by atoms with van der Waals surface area (Å²) >= 11 is 0. The molecule has 172 valence electrons. The van der Waals surface area contributed by atoms with E-state index in [1.54, 1.807) is 36.1 Å². The van der Waals surface area contributed by atoms with Crippen LogP contribution in [0.25, 0.3) is 0 Å². The van der Waals surface area contributed by atoms with E-state index in [0.29, 0.717) is 23.2 Å². The summed E-state index contributed by atoms with van der Waals surface area (Å²) in [5.41, 5.74) is 1.55. The average molecular weight is 461 g/mol. The van der Waals surface area contributed by atoms with E-state index in [9.17, 15) is 22.8 Å². The Balaban J connectivity index is 2.03. The lowest BCUT2D eigenvalue weighted by Gasteiger charge is -2.23. The van der Waals surface area contributed by atoms with Crippen LogP contribution in [0.2, 0.25) is 0 Å². The van der Waals surface area contributed by atoms with Crippen molar-refractivity contribution < 1.29 is 27.5 Å². The number of hydrogen-bond donors (Lipinski definition) is 1. The second-order valence-electron chi connectivity index (χ2n) is 7.37. The maximum atomic E-state index is 12.7. The first-order valence-corrected chi connectivity index (χ1v) is 11.6. The fraction of sp³-hybridized carbons (Fsp3) is 0.348. The van der Waals surface area contributed by atoms with Crippen molar-refractivity contribution in [3.63, 3.8) is 0 Å². The molecule has 1 amide bonds. The number of nitrogens with one attached hydrogen (secondary N) is 1. The van der Waals surface area contributed by atoms with E-state index in [1.165, 1.54) is 38.3 Å². The first-order chi connectivity index (χ1) is 15.1. The van der Waals surface area contributed by atoms with Crippen molar-refractivity contribution in [2.45, 2.75) is 32.2 Å². The zero-order chi connectivity index (χ0) is 23.9. The lowest BCUT2D eigenvalue weighted by molar-refractivity contribution is -0.145. The molecule has 2 aromatic carbocycles. The van der Waals surface area contributed by atoms with Crippen molar-refractivity contribution in [1.29, 1.82) is 0 Å². The average Bonchev–Trinajstić information content (AvgIpc) is 2.80. The van der Waals surface area contributed by atoms with Crippen LogP contribution >= 0.6 is 0 Å². The van der Waals surface area contributed by atoms with E-state index in [1.807, 2.05) is 6.92 Å².